The first-order chi connectivity index (χ1) is 22.9. The van der Waals surface area contributed by atoms with Crippen LogP contribution in [0.3, 0.4) is 0 Å². The second-order valence-corrected chi connectivity index (χ2v) is 20.5. The molecule has 1 rings (SSSR count). The Morgan fingerprint density at radius 2 is 1.46 bits per heavy atom. The summed E-state index contributed by atoms with van der Waals surface area (Å²) in [6.45, 7) is 19.4. The molecular formula is C43H76O4Si. The van der Waals surface area contributed by atoms with E-state index in [-0.39, 0.29) is 23.2 Å². The van der Waals surface area contributed by atoms with Gasteiger partial charge < -0.3 is 13.9 Å². The van der Waals surface area contributed by atoms with E-state index in [0.717, 1.165) is 58.0 Å². The minimum atomic E-state index is -2.01. The Balaban J connectivity index is 2.40. The molecule has 48 heavy (non-hydrogen) atoms. The number of carbonyl (C=O) groups excluding carboxylic acids is 1. The second-order valence-electron chi connectivity index (χ2n) is 15.7. The SMILES string of the molecule is CCCCCCCC/C=C\CCCCCCCC(=O)C#CC(CC/C(C)=C/CC/C(C)=C/COC1CCCCO1)O[Si](C)(C)C(C)(C)C. The minimum absolute atomic E-state index is 0.0308. The van der Waals surface area contributed by atoms with Crippen LogP contribution in [0.2, 0.25) is 18.1 Å². The third kappa shape index (κ3) is 23.8. The molecule has 1 saturated heterocycles. The summed E-state index contributed by atoms with van der Waals surface area (Å²) in [4.78, 5) is 12.7. The number of unbranched alkanes of at least 4 members (excludes halogenated alkanes) is 11. The maximum atomic E-state index is 12.7. The van der Waals surface area contributed by atoms with Crippen LogP contribution in [0.5, 0.6) is 0 Å². The van der Waals surface area contributed by atoms with Gasteiger partial charge in [0.25, 0.3) is 0 Å². The number of allylic oxidation sites excluding steroid dienone is 5. The lowest BCUT2D eigenvalue weighted by molar-refractivity contribution is -0.155. The Morgan fingerprint density at radius 3 is 2.08 bits per heavy atom. The molecule has 0 aliphatic carbocycles. The fraction of sp³-hybridized carbons (Fsp3) is 0.791. The van der Waals surface area contributed by atoms with E-state index in [0.29, 0.717) is 13.0 Å². The van der Waals surface area contributed by atoms with Gasteiger partial charge in [-0.05, 0) is 115 Å². The summed E-state index contributed by atoms with van der Waals surface area (Å²) in [6, 6.07) is 0. The molecule has 0 saturated carbocycles. The predicted molar refractivity (Wildman–Crippen MR) is 210 cm³/mol. The van der Waals surface area contributed by atoms with Crippen LogP contribution in [0.25, 0.3) is 0 Å². The zero-order chi connectivity index (χ0) is 35.5. The fourth-order valence-electron chi connectivity index (χ4n) is 5.52. The maximum Gasteiger partial charge on any atom is 0.205 e. The van der Waals surface area contributed by atoms with Crippen LogP contribution in [0.15, 0.2) is 35.5 Å². The third-order valence-corrected chi connectivity index (χ3v) is 14.5. The normalized spacial score (nSPS) is 17.0. The van der Waals surface area contributed by atoms with Gasteiger partial charge in [-0.1, -0.05) is 120 Å². The van der Waals surface area contributed by atoms with Gasteiger partial charge in [0.2, 0.25) is 5.78 Å². The highest BCUT2D eigenvalue weighted by molar-refractivity contribution is 6.74. The lowest BCUT2D eigenvalue weighted by Gasteiger charge is -2.38. The average molecular weight is 685 g/mol. The lowest BCUT2D eigenvalue weighted by atomic mass is 10.0. The molecule has 1 fully saturated rings. The molecule has 0 N–H and O–H groups in total. The van der Waals surface area contributed by atoms with Crippen molar-refractivity contribution in [1.29, 1.82) is 0 Å². The highest BCUT2D eigenvalue weighted by atomic mass is 28.4. The number of Topliss-reactive ketones (excluding diaryl/α,β-unsaturated/α-hetero) is 1. The van der Waals surface area contributed by atoms with Crippen LogP contribution in [-0.4, -0.2) is 39.7 Å². The minimum Gasteiger partial charge on any atom is -0.403 e. The molecule has 2 atom stereocenters. The molecule has 0 spiro atoms. The smallest absolute Gasteiger partial charge is 0.205 e. The Kier molecular flexibility index (Phi) is 25.3. The zero-order valence-corrected chi connectivity index (χ0v) is 33.9. The third-order valence-electron chi connectivity index (χ3n) is 9.97. The largest absolute Gasteiger partial charge is 0.403 e. The second kappa shape index (κ2) is 27.3. The number of hydrogen-bond acceptors (Lipinski definition) is 4. The standard InChI is InChI=1S/C43H76O4Si/c1-9-10-11-12-13-14-15-16-17-18-19-20-21-22-23-29-40(44)32-34-41(47-48(7,8)43(4,5)6)33-31-38(2)27-26-28-39(3)35-37-46-42-30-24-25-36-45-42/h16-17,27,35,41-42H,9-15,18-26,28-31,33,36-37H2,1-8H3/b17-16-,38-27+,39-35+. The molecule has 0 aromatic carbocycles. The van der Waals surface area contributed by atoms with Crippen molar-refractivity contribution in [3.8, 4) is 11.8 Å². The Bertz CT molecular complexity index is 984. The first-order valence-corrected chi connectivity index (χ1v) is 22.8. The monoisotopic (exact) mass is 685 g/mol. The topological polar surface area (TPSA) is 44.8 Å². The highest BCUT2D eigenvalue weighted by Gasteiger charge is 2.38. The molecule has 0 bridgehead atoms. The van der Waals surface area contributed by atoms with Gasteiger partial charge in [0.15, 0.2) is 14.6 Å². The molecule has 1 heterocycles. The average Bonchev–Trinajstić information content (AvgIpc) is 3.04. The lowest BCUT2D eigenvalue weighted by Crippen LogP contribution is -2.43. The van der Waals surface area contributed by atoms with Crippen molar-refractivity contribution in [3.63, 3.8) is 0 Å². The van der Waals surface area contributed by atoms with Crippen molar-refractivity contribution in [2.75, 3.05) is 13.2 Å². The van der Waals surface area contributed by atoms with E-state index in [4.69, 9.17) is 13.9 Å². The number of hydrogen-bond donors (Lipinski definition) is 0. The summed E-state index contributed by atoms with van der Waals surface area (Å²) in [5.74, 6) is 6.32. The van der Waals surface area contributed by atoms with Gasteiger partial charge in [-0.25, -0.2) is 0 Å². The van der Waals surface area contributed by atoms with Crippen LogP contribution in [0.1, 0.15) is 176 Å². The van der Waals surface area contributed by atoms with Crippen molar-refractivity contribution >= 4 is 14.1 Å². The number of ether oxygens (including phenoxy) is 2. The van der Waals surface area contributed by atoms with Crippen molar-refractivity contribution in [2.45, 2.75) is 207 Å². The van der Waals surface area contributed by atoms with Crippen LogP contribution >= 0.6 is 0 Å². The first-order valence-electron chi connectivity index (χ1n) is 19.9. The van der Waals surface area contributed by atoms with E-state index < -0.39 is 8.32 Å². The van der Waals surface area contributed by atoms with Gasteiger partial charge in [0.1, 0.15) is 6.10 Å². The van der Waals surface area contributed by atoms with Crippen molar-refractivity contribution in [3.05, 3.63) is 35.5 Å². The molecule has 1 aliphatic rings. The molecule has 4 nitrogen and oxygen atoms in total. The number of rotatable bonds is 26. The van der Waals surface area contributed by atoms with E-state index in [9.17, 15) is 4.79 Å². The fourth-order valence-corrected chi connectivity index (χ4v) is 6.76. The van der Waals surface area contributed by atoms with Gasteiger partial charge in [0.05, 0.1) is 6.61 Å². The van der Waals surface area contributed by atoms with Crippen LogP contribution in [0, 0.1) is 11.8 Å². The molecule has 0 aromatic heterocycles. The van der Waals surface area contributed by atoms with Gasteiger partial charge in [0, 0.05) is 13.0 Å². The first kappa shape index (κ1) is 44.6. The van der Waals surface area contributed by atoms with Crippen LogP contribution in [-0.2, 0) is 18.7 Å². The van der Waals surface area contributed by atoms with Crippen molar-refractivity contribution in [2.24, 2.45) is 0 Å². The molecule has 0 radical (unpaired) electrons. The van der Waals surface area contributed by atoms with Crippen LogP contribution in [0.4, 0.5) is 0 Å². The summed E-state index contributed by atoms with van der Waals surface area (Å²) in [5, 5.41) is 0.0994. The van der Waals surface area contributed by atoms with Crippen molar-refractivity contribution < 1.29 is 18.7 Å². The summed E-state index contributed by atoms with van der Waals surface area (Å²) in [5.41, 5.74) is 2.71. The summed E-state index contributed by atoms with van der Waals surface area (Å²) >= 11 is 0. The predicted octanol–water partition coefficient (Wildman–Crippen LogP) is 13.0. The molecule has 0 amide bonds. The highest BCUT2D eigenvalue weighted by Crippen LogP contribution is 2.37. The molecule has 0 aromatic rings. The van der Waals surface area contributed by atoms with Crippen LogP contribution < -0.4 is 0 Å². The summed E-state index contributed by atoms with van der Waals surface area (Å²) in [6.07, 6.45) is 33.1. The Hall–Kier alpha value is -1.45. The molecular weight excluding hydrogens is 609 g/mol. The number of ketones is 1. The Morgan fingerprint density at radius 1 is 0.833 bits per heavy atom. The van der Waals surface area contributed by atoms with E-state index in [1.54, 1.807) is 0 Å². The maximum absolute atomic E-state index is 12.7. The van der Waals surface area contributed by atoms with Gasteiger partial charge in [-0.15, -0.1) is 0 Å². The van der Waals surface area contributed by atoms with Crippen molar-refractivity contribution in [1.82, 2.24) is 0 Å². The van der Waals surface area contributed by atoms with Gasteiger partial charge >= 0.3 is 0 Å². The molecule has 5 heteroatoms. The van der Waals surface area contributed by atoms with E-state index in [1.165, 1.54) is 88.2 Å². The molecule has 2 unspecified atom stereocenters. The molecule has 276 valence electrons. The summed E-state index contributed by atoms with van der Waals surface area (Å²) in [7, 11) is -2.01. The molecule has 1 aliphatic heterocycles. The van der Waals surface area contributed by atoms with Gasteiger partial charge in [-0.3, -0.25) is 4.79 Å². The van der Waals surface area contributed by atoms with E-state index >= 15 is 0 Å². The van der Waals surface area contributed by atoms with Gasteiger partial charge in [-0.2, -0.15) is 0 Å². The quantitative estimate of drug-likeness (QED) is 0.0299. The Labute approximate surface area is 299 Å². The van der Waals surface area contributed by atoms with E-state index in [1.807, 2.05) is 0 Å². The summed E-state index contributed by atoms with van der Waals surface area (Å²) < 4.78 is 18.2. The van der Waals surface area contributed by atoms with E-state index in [2.05, 4.69) is 90.8 Å². The number of carbonyl (C=O) groups is 1. The zero-order valence-electron chi connectivity index (χ0n) is 32.9.